The van der Waals surface area contributed by atoms with Crippen LogP contribution in [-0.4, -0.2) is 11.5 Å². The minimum atomic E-state index is 0.561. The monoisotopic (exact) mass is 276 g/mol. The third-order valence-electron chi connectivity index (χ3n) is 2.79. The molecule has 19 heavy (non-hydrogen) atoms. The van der Waals surface area contributed by atoms with Crippen molar-refractivity contribution in [1.29, 1.82) is 0 Å². The van der Waals surface area contributed by atoms with Gasteiger partial charge in [0, 0.05) is 18.3 Å². The third-order valence-corrected chi connectivity index (χ3v) is 3.10. The van der Waals surface area contributed by atoms with E-state index < -0.39 is 0 Å². The fourth-order valence-electron chi connectivity index (χ4n) is 1.71. The van der Waals surface area contributed by atoms with Crippen molar-refractivity contribution in [3.8, 4) is 11.6 Å². The zero-order chi connectivity index (χ0) is 13.7. The van der Waals surface area contributed by atoms with Gasteiger partial charge >= 0.3 is 0 Å². The number of hydrogen-bond donors (Lipinski definition) is 1. The number of halogens is 1. The molecule has 4 heteroatoms. The van der Waals surface area contributed by atoms with E-state index in [0.717, 1.165) is 18.8 Å². The normalized spacial score (nSPS) is 10.5. The van der Waals surface area contributed by atoms with E-state index in [1.165, 1.54) is 5.56 Å². The lowest BCUT2D eigenvalue weighted by molar-refractivity contribution is 0.461. The molecule has 0 saturated heterocycles. The van der Waals surface area contributed by atoms with Crippen LogP contribution in [0.25, 0.3) is 0 Å². The highest BCUT2D eigenvalue weighted by molar-refractivity contribution is 6.32. The van der Waals surface area contributed by atoms with Gasteiger partial charge in [0.2, 0.25) is 5.88 Å². The van der Waals surface area contributed by atoms with Crippen LogP contribution in [0.4, 0.5) is 0 Å². The predicted molar refractivity (Wildman–Crippen MR) is 77.9 cm³/mol. The number of aromatic nitrogens is 1. The number of nitrogens with zero attached hydrogens (tertiary/aromatic N) is 1. The fraction of sp³-hybridized carbons (Fsp3) is 0.267. The number of ether oxygens (including phenoxy) is 1. The number of pyridine rings is 1. The van der Waals surface area contributed by atoms with Gasteiger partial charge in [0.05, 0.1) is 5.02 Å². The largest absolute Gasteiger partial charge is 0.437 e. The van der Waals surface area contributed by atoms with Gasteiger partial charge in [-0.1, -0.05) is 36.7 Å². The zero-order valence-electron chi connectivity index (χ0n) is 11.1. The first-order valence-corrected chi connectivity index (χ1v) is 6.68. The first-order chi connectivity index (χ1) is 9.20. The summed E-state index contributed by atoms with van der Waals surface area (Å²) in [4.78, 5) is 4.44. The predicted octanol–water partition coefficient (Wildman–Crippen LogP) is 3.95. The SMILES string of the molecule is CCNCc1ccc(Oc2ccccc2Cl)nc1C. The third kappa shape index (κ3) is 3.69. The van der Waals surface area contributed by atoms with Crippen molar-refractivity contribution >= 4 is 11.6 Å². The lowest BCUT2D eigenvalue weighted by Crippen LogP contribution is -2.13. The number of benzene rings is 1. The standard InChI is InChI=1S/C15H17ClN2O/c1-3-17-10-12-8-9-15(18-11(12)2)19-14-7-5-4-6-13(14)16/h4-9,17H,3,10H2,1-2H3. The number of hydrogen-bond acceptors (Lipinski definition) is 3. The van der Waals surface area contributed by atoms with Crippen LogP contribution < -0.4 is 10.1 Å². The van der Waals surface area contributed by atoms with Gasteiger partial charge in [-0.15, -0.1) is 0 Å². The lowest BCUT2D eigenvalue weighted by atomic mass is 10.2. The molecule has 0 aliphatic carbocycles. The van der Waals surface area contributed by atoms with Gasteiger partial charge in [0.1, 0.15) is 5.75 Å². The summed E-state index contributed by atoms with van der Waals surface area (Å²) in [5.41, 5.74) is 2.14. The summed E-state index contributed by atoms with van der Waals surface area (Å²) < 4.78 is 5.69. The second kappa shape index (κ2) is 6.55. The summed E-state index contributed by atoms with van der Waals surface area (Å²) in [5.74, 6) is 1.18. The summed E-state index contributed by atoms with van der Waals surface area (Å²) in [5, 5.41) is 3.86. The van der Waals surface area contributed by atoms with Gasteiger partial charge in [0.25, 0.3) is 0 Å². The van der Waals surface area contributed by atoms with Crippen molar-refractivity contribution in [1.82, 2.24) is 10.3 Å². The van der Waals surface area contributed by atoms with E-state index in [0.29, 0.717) is 16.7 Å². The Morgan fingerprint density at radius 1 is 1.21 bits per heavy atom. The molecule has 2 rings (SSSR count). The van der Waals surface area contributed by atoms with Gasteiger partial charge in [-0.2, -0.15) is 0 Å². The molecule has 1 N–H and O–H groups in total. The van der Waals surface area contributed by atoms with E-state index in [9.17, 15) is 0 Å². The average molecular weight is 277 g/mol. The molecule has 0 atom stereocenters. The quantitative estimate of drug-likeness (QED) is 0.898. The molecule has 0 unspecified atom stereocenters. The topological polar surface area (TPSA) is 34.1 Å². The van der Waals surface area contributed by atoms with Crippen LogP contribution in [-0.2, 0) is 6.54 Å². The molecule has 3 nitrogen and oxygen atoms in total. The van der Waals surface area contributed by atoms with Crippen LogP contribution in [0.1, 0.15) is 18.2 Å². The Labute approximate surface area is 118 Å². The van der Waals surface area contributed by atoms with Gasteiger partial charge in [0.15, 0.2) is 0 Å². The summed E-state index contributed by atoms with van der Waals surface area (Å²) in [6.45, 7) is 5.82. The van der Waals surface area contributed by atoms with Gasteiger partial charge in [-0.05, 0) is 31.2 Å². The molecule has 0 spiro atoms. The maximum Gasteiger partial charge on any atom is 0.219 e. The van der Waals surface area contributed by atoms with Gasteiger partial charge < -0.3 is 10.1 Å². The molecular formula is C15H17ClN2O. The highest BCUT2D eigenvalue weighted by Crippen LogP contribution is 2.28. The summed E-state index contributed by atoms with van der Waals surface area (Å²) in [6, 6.07) is 11.3. The van der Waals surface area contributed by atoms with Gasteiger partial charge in [-0.3, -0.25) is 0 Å². The zero-order valence-corrected chi connectivity index (χ0v) is 11.9. The van der Waals surface area contributed by atoms with Gasteiger partial charge in [-0.25, -0.2) is 4.98 Å². The molecule has 0 bridgehead atoms. The molecule has 0 aliphatic heterocycles. The number of aryl methyl sites for hydroxylation is 1. The molecule has 0 saturated carbocycles. The highest BCUT2D eigenvalue weighted by atomic mass is 35.5. The average Bonchev–Trinajstić information content (AvgIpc) is 2.40. The minimum absolute atomic E-state index is 0.561. The molecule has 100 valence electrons. The lowest BCUT2D eigenvalue weighted by Gasteiger charge is -2.10. The Balaban J connectivity index is 2.14. The highest BCUT2D eigenvalue weighted by Gasteiger charge is 2.05. The van der Waals surface area contributed by atoms with E-state index in [-0.39, 0.29) is 0 Å². The maximum atomic E-state index is 6.05. The van der Waals surface area contributed by atoms with E-state index in [2.05, 4.69) is 17.2 Å². The van der Waals surface area contributed by atoms with E-state index in [4.69, 9.17) is 16.3 Å². The molecule has 0 aliphatic rings. The fourth-order valence-corrected chi connectivity index (χ4v) is 1.88. The Hall–Kier alpha value is -1.58. The van der Waals surface area contributed by atoms with Crippen LogP contribution in [0.3, 0.4) is 0 Å². The number of rotatable bonds is 5. The van der Waals surface area contributed by atoms with Crippen molar-refractivity contribution in [2.75, 3.05) is 6.54 Å². The van der Waals surface area contributed by atoms with Crippen LogP contribution in [0.2, 0.25) is 5.02 Å². The molecule has 1 heterocycles. The van der Waals surface area contributed by atoms with E-state index >= 15 is 0 Å². The van der Waals surface area contributed by atoms with E-state index in [1.807, 2.05) is 37.3 Å². The Bertz CT molecular complexity index is 558. The molecular weight excluding hydrogens is 260 g/mol. The minimum Gasteiger partial charge on any atom is -0.437 e. The van der Waals surface area contributed by atoms with Crippen LogP contribution in [0.15, 0.2) is 36.4 Å². The molecule has 0 amide bonds. The first kappa shape index (κ1) is 13.8. The molecule has 0 radical (unpaired) electrons. The van der Waals surface area contributed by atoms with E-state index in [1.54, 1.807) is 6.07 Å². The number of para-hydroxylation sites is 1. The maximum absolute atomic E-state index is 6.05. The molecule has 1 aromatic carbocycles. The van der Waals surface area contributed by atoms with Crippen molar-refractivity contribution in [3.63, 3.8) is 0 Å². The molecule has 2 aromatic rings. The Kier molecular flexibility index (Phi) is 4.77. The second-order valence-electron chi connectivity index (χ2n) is 4.21. The number of nitrogens with one attached hydrogen (secondary N) is 1. The first-order valence-electron chi connectivity index (χ1n) is 6.30. The Morgan fingerprint density at radius 2 is 2.00 bits per heavy atom. The molecule has 0 fully saturated rings. The van der Waals surface area contributed by atoms with Crippen LogP contribution >= 0.6 is 11.6 Å². The summed E-state index contributed by atoms with van der Waals surface area (Å²) in [6.07, 6.45) is 0. The smallest absolute Gasteiger partial charge is 0.219 e. The van der Waals surface area contributed by atoms with Crippen molar-refractivity contribution in [2.24, 2.45) is 0 Å². The Morgan fingerprint density at radius 3 is 2.68 bits per heavy atom. The van der Waals surface area contributed by atoms with Crippen molar-refractivity contribution in [3.05, 3.63) is 52.7 Å². The van der Waals surface area contributed by atoms with Crippen LogP contribution in [0.5, 0.6) is 11.6 Å². The summed E-state index contributed by atoms with van der Waals surface area (Å²) >= 11 is 6.05. The van der Waals surface area contributed by atoms with Crippen molar-refractivity contribution in [2.45, 2.75) is 20.4 Å². The summed E-state index contributed by atoms with van der Waals surface area (Å²) in [7, 11) is 0. The second-order valence-corrected chi connectivity index (χ2v) is 4.61. The van der Waals surface area contributed by atoms with Crippen molar-refractivity contribution < 1.29 is 4.74 Å². The van der Waals surface area contributed by atoms with Crippen LogP contribution in [0, 0.1) is 6.92 Å². The molecule has 1 aromatic heterocycles.